The normalized spacial score (nSPS) is 16.1. The zero-order chi connectivity index (χ0) is 13.0. The Morgan fingerprint density at radius 3 is 2.83 bits per heavy atom. The Hall–Kier alpha value is -2.36. The Bertz CT molecular complexity index is 477. The number of nitrogens with zero attached hydrogens (tertiary/aromatic N) is 4. The van der Waals surface area contributed by atoms with Crippen LogP contribution in [-0.4, -0.2) is 45.2 Å². The lowest BCUT2D eigenvalue weighted by Gasteiger charge is -2.30. The number of anilines is 1. The summed E-state index contributed by atoms with van der Waals surface area (Å²) >= 11 is 0. The number of carbonyl (C=O) groups is 1. The lowest BCUT2D eigenvalue weighted by atomic mass is 10.1. The summed E-state index contributed by atoms with van der Waals surface area (Å²) in [6, 6.07) is 3.72. The summed E-state index contributed by atoms with van der Waals surface area (Å²) in [5, 5.41) is 20.7. The summed E-state index contributed by atoms with van der Waals surface area (Å²) in [5.41, 5.74) is 0.315. The number of amides is 1. The summed E-state index contributed by atoms with van der Waals surface area (Å²) in [5.74, 6) is 0.607. The predicted octanol–water partition coefficient (Wildman–Crippen LogP) is 0.903. The van der Waals surface area contributed by atoms with Gasteiger partial charge in [0.25, 0.3) is 0 Å². The van der Waals surface area contributed by atoms with Gasteiger partial charge < -0.3 is 15.3 Å². The molecule has 1 aromatic rings. The number of aromatic nitrogens is 2. The number of hydrogen-bond acceptors (Lipinski definition) is 5. The highest BCUT2D eigenvalue weighted by atomic mass is 16.4. The maximum Gasteiger partial charge on any atom is 0.407 e. The molecule has 2 N–H and O–H groups in total. The molecule has 0 saturated carbocycles. The van der Waals surface area contributed by atoms with Crippen molar-refractivity contribution in [3.63, 3.8) is 0 Å². The molecule has 2 heterocycles. The highest BCUT2D eigenvalue weighted by Gasteiger charge is 2.22. The zero-order valence-corrected chi connectivity index (χ0v) is 9.70. The van der Waals surface area contributed by atoms with Crippen molar-refractivity contribution in [2.75, 3.05) is 18.4 Å². The van der Waals surface area contributed by atoms with Crippen molar-refractivity contribution in [2.24, 2.45) is 0 Å². The van der Waals surface area contributed by atoms with Crippen molar-refractivity contribution >= 4 is 11.9 Å². The van der Waals surface area contributed by atoms with Crippen LogP contribution < -0.4 is 5.32 Å². The second-order valence-electron chi connectivity index (χ2n) is 4.09. The molecule has 0 radical (unpaired) electrons. The fourth-order valence-electron chi connectivity index (χ4n) is 1.92. The Labute approximate surface area is 104 Å². The van der Waals surface area contributed by atoms with Crippen LogP contribution in [0.4, 0.5) is 10.6 Å². The molecule has 1 fully saturated rings. The van der Waals surface area contributed by atoms with Gasteiger partial charge in [0.05, 0.1) is 0 Å². The summed E-state index contributed by atoms with van der Waals surface area (Å²) in [6.45, 7) is 1.03. The van der Waals surface area contributed by atoms with Gasteiger partial charge in [0.15, 0.2) is 0 Å². The third-order valence-corrected chi connectivity index (χ3v) is 2.90. The minimum absolute atomic E-state index is 0.182. The molecular weight excluding hydrogens is 234 g/mol. The number of nitrogens with one attached hydrogen (secondary N) is 1. The van der Waals surface area contributed by atoms with E-state index in [0.717, 1.165) is 12.8 Å². The lowest BCUT2D eigenvalue weighted by Crippen LogP contribution is -2.41. The van der Waals surface area contributed by atoms with Crippen LogP contribution in [-0.2, 0) is 0 Å². The first-order valence-electron chi connectivity index (χ1n) is 5.65. The number of nitriles is 1. The van der Waals surface area contributed by atoms with Crippen LogP contribution >= 0.6 is 0 Å². The highest BCUT2D eigenvalue weighted by Crippen LogP contribution is 2.15. The van der Waals surface area contributed by atoms with E-state index in [4.69, 9.17) is 10.4 Å². The number of hydrogen-bond donors (Lipinski definition) is 2. The van der Waals surface area contributed by atoms with Crippen LogP contribution in [0.25, 0.3) is 0 Å². The van der Waals surface area contributed by atoms with Crippen molar-refractivity contribution in [3.8, 4) is 6.07 Å². The van der Waals surface area contributed by atoms with Crippen molar-refractivity contribution in [3.05, 3.63) is 18.1 Å². The van der Waals surface area contributed by atoms with Gasteiger partial charge in [0.1, 0.15) is 23.9 Å². The number of rotatable bonds is 2. The van der Waals surface area contributed by atoms with Gasteiger partial charge in [0, 0.05) is 25.2 Å². The van der Waals surface area contributed by atoms with E-state index in [1.54, 1.807) is 6.07 Å². The standard InChI is InChI=1S/C11H13N5O2/c12-6-9-5-10(14-7-13-9)15-8-1-3-16(4-2-8)11(17)18/h5,7-8H,1-4H2,(H,17,18)(H,13,14,15). The van der Waals surface area contributed by atoms with E-state index in [1.807, 2.05) is 6.07 Å². The fourth-order valence-corrected chi connectivity index (χ4v) is 1.92. The third kappa shape index (κ3) is 2.85. The van der Waals surface area contributed by atoms with Crippen molar-refractivity contribution in [2.45, 2.75) is 18.9 Å². The second-order valence-corrected chi connectivity index (χ2v) is 4.09. The first kappa shape index (κ1) is 12.1. The topological polar surface area (TPSA) is 102 Å². The highest BCUT2D eigenvalue weighted by molar-refractivity contribution is 5.65. The van der Waals surface area contributed by atoms with Gasteiger partial charge in [-0.15, -0.1) is 0 Å². The van der Waals surface area contributed by atoms with Crippen LogP contribution in [0.2, 0.25) is 0 Å². The Balaban J connectivity index is 1.91. The molecular formula is C11H13N5O2. The Morgan fingerprint density at radius 1 is 1.50 bits per heavy atom. The molecule has 0 aromatic carbocycles. The number of carboxylic acid groups (broad SMARTS) is 1. The van der Waals surface area contributed by atoms with Gasteiger partial charge in [0.2, 0.25) is 0 Å². The molecule has 94 valence electrons. The minimum Gasteiger partial charge on any atom is -0.465 e. The van der Waals surface area contributed by atoms with Crippen LogP contribution in [0, 0.1) is 11.3 Å². The van der Waals surface area contributed by atoms with Gasteiger partial charge in [-0.1, -0.05) is 0 Å². The molecule has 1 aromatic heterocycles. The molecule has 0 unspecified atom stereocenters. The predicted molar refractivity (Wildman–Crippen MR) is 63.0 cm³/mol. The van der Waals surface area contributed by atoms with Crippen molar-refractivity contribution in [1.29, 1.82) is 5.26 Å². The Kier molecular flexibility index (Phi) is 3.57. The number of likely N-dealkylation sites (tertiary alicyclic amines) is 1. The monoisotopic (exact) mass is 247 g/mol. The molecule has 2 rings (SSSR count). The van der Waals surface area contributed by atoms with Gasteiger partial charge in [-0.25, -0.2) is 14.8 Å². The average Bonchev–Trinajstić information content (AvgIpc) is 2.39. The van der Waals surface area contributed by atoms with Crippen LogP contribution in [0.5, 0.6) is 0 Å². The van der Waals surface area contributed by atoms with E-state index in [-0.39, 0.29) is 6.04 Å². The van der Waals surface area contributed by atoms with Crippen LogP contribution in [0.15, 0.2) is 12.4 Å². The summed E-state index contributed by atoms with van der Waals surface area (Å²) in [7, 11) is 0. The molecule has 1 amide bonds. The molecule has 1 saturated heterocycles. The molecule has 18 heavy (non-hydrogen) atoms. The molecule has 7 heteroatoms. The molecule has 1 aliphatic rings. The quantitative estimate of drug-likeness (QED) is 0.805. The summed E-state index contributed by atoms with van der Waals surface area (Å²) < 4.78 is 0. The molecule has 0 atom stereocenters. The summed E-state index contributed by atoms with van der Waals surface area (Å²) in [4.78, 5) is 20.0. The van der Waals surface area contributed by atoms with Crippen LogP contribution in [0.3, 0.4) is 0 Å². The minimum atomic E-state index is -0.873. The SMILES string of the molecule is N#Cc1cc(NC2CCN(C(=O)O)CC2)ncn1. The van der Waals surface area contributed by atoms with Gasteiger partial charge in [-0.2, -0.15) is 5.26 Å². The maximum atomic E-state index is 10.8. The van der Waals surface area contributed by atoms with E-state index in [1.165, 1.54) is 11.2 Å². The Morgan fingerprint density at radius 2 is 2.22 bits per heavy atom. The molecule has 0 bridgehead atoms. The zero-order valence-electron chi connectivity index (χ0n) is 9.70. The fraction of sp³-hybridized carbons (Fsp3) is 0.455. The lowest BCUT2D eigenvalue weighted by molar-refractivity contribution is 0.134. The molecule has 0 aliphatic carbocycles. The first-order valence-corrected chi connectivity index (χ1v) is 5.65. The maximum absolute atomic E-state index is 10.8. The largest absolute Gasteiger partial charge is 0.465 e. The van der Waals surface area contributed by atoms with E-state index in [2.05, 4.69) is 15.3 Å². The average molecular weight is 247 g/mol. The third-order valence-electron chi connectivity index (χ3n) is 2.90. The van der Waals surface area contributed by atoms with Crippen molar-refractivity contribution in [1.82, 2.24) is 14.9 Å². The number of piperidine rings is 1. The molecule has 7 nitrogen and oxygen atoms in total. The first-order chi connectivity index (χ1) is 8.69. The molecule has 0 spiro atoms. The summed E-state index contributed by atoms with van der Waals surface area (Å²) in [6.07, 6.45) is 1.94. The van der Waals surface area contributed by atoms with E-state index in [0.29, 0.717) is 24.6 Å². The van der Waals surface area contributed by atoms with E-state index < -0.39 is 6.09 Å². The van der Waals surface area contributed by atoms with E-state index in [9.17, 15) is 4.79 Å². The van der Waals surface area contributed by atoms with E-state index >= 15 is 0 Å². The van der Waals surface area contributed by atoms with Crippen LogP contribution in [0.1, 0.15) is 18.5 Å². The second kappa shape index (κ2) is 5.31. The molecule has 1 aliphatic heterocycles. The van der Waals surface area contributed by atoms with Gasteiger partial charge in [-0.3, -0.25) is 0 Å². The van der Waals surface area contributed by atoms with Crippen molar-refractivity contribution < 1.29 is 9.90 Å². The smallest absolute Gasteiger partial charge is 0.407 e. The van der Waals surface area contributed by atoms with Gasteiger partial charge >= 0.3 is 6.09 Å². The van der Waals surface area contributed by atoms with Gasteiger partial charge in [-0.05, 0) is 12.8 Å².